The van der Waals surface area contributed by atoms with E-state index in [9.17, 15) is 4.79 Å². The summed E-state index contributed by atoms with van der Waals surface area (Å²) in [7, 11) is 0. The van der Waals surface area contributed by atoms with Gasteiger partial charge in [0.15, 0.2) is 0 Å². The zero-order chi connectivity index (χ0) is 13.7. The van der Waals surface area contributed by atoms with Crippen molar-refractivity contribution in [2.45, 2.75) is 59.1 Å². The van der Waals surface area contributed by atoms with E-state index in [0.29, 0.717) is 12.5 Å². The molecule has 4 nitrogen and oxygen atoms in total. The molecule has 0 spiro atoms. The normalized spacial score (nSPS) is 15.8. The highest BCUT2D eigenvalue weighted by atomic mass is 16.5. The fraction of sp³-hybridized carbons (Fsp3) is 0.923. The van der Waals surface area contributed by atoms with Crippen molar-refractivity contribution in [1.29, 1.82) is 0 Å². The van der Waals surface area contributed by atoms with Gasteiger partial charge in [0.2, 0.25) is 5.91 Å². The third-order valence-corrected chi connectivity index (χ3v) is 2.39. The highest BCUT2D eigenvalue weighted by molar-refractivity contribution is 5.78. The van der Waals surface area contributed by atoms with E-state index in [1.807, 2.05) is 27.7 Å². The second kappa shape index (κ2) is 6.36. The SMILES string of the molecule is CC(C)CC(C)(CN)NC(=O)COC(C)(C)C. The molecule has 0 aliphatic rings. The summed E-state index contributed by atoms with van der Waals surface area (Å²) in [6.07, 6.45) is 0.866. The first-order valence-corrected chi connectivity index (χ1v) is 6.23. The average molecular weight is 244 g/mol. The van der Waals surface area contributed by atoms with Crippen LogP contribution in [0.3, 0.4) is 0 Å². The van der Waals surface area contributed by atoms with E-state index < -0.39 is 0 Å². The molecule has 0 fully saturated rings. The van der Waals surface area contributed by atoms with Gasteiger partial charge in [-0.2, -0.15) is 0 Å². The third kappa shape index (κ3) is 8.16. The van der Waals surface area contributed by atoms with Crippen molar-refractivity contribution in [2.24, 2.45) is 11.7 Å². The number of rotatable bonds is 6. The van der Waals surface area contributed by atoms with Gasteiger partial charge < -0.3 is 15.8 Å². The van der Waals surface area contributed by atoms with Crippen molar-refractivity contribution in [3.8, 4) is 0 Å². The van der Waals surface area contributed by atoms with Crippen LogP contribution in [0.5, 0.6) is 0 Å². The molecule has 1 amide bonds. The summed E-state index contributed by atoms with van der Waals surface area (Å²) in [4.78, 5) is 11.8. The van der Waals surface area contributed by atoms with Gasteiger partial charge in [0.05, 0.1) is 5.60 Å². The Labute approximate surface area is 105 Å². The Morgan fingerprint density at radius 2 is 1.82 bits per heavy atom. The van der Waals surface area contributed by atoms with Crippen molar-refractivity contribution in [3.05, 3.63) is 0 Å². The van der Waals surface area contributed by atoms with Gasteiger partial charge in [0.1, 0.15) is 6.61 Å². The summed E-state index contributed by atoms with van der Waals surface area (Å²) >= 11 is 0. The molecule has 0 aliphatic carbocycles. The molecule has 0 radical (unpaired) electrons. The molecule has 0 aromatic heterocycles. The smallest absolute Gasteiger partial charge is 0.246 e. The second-order valence-electron chi connectivity index (χ2n) is 6.31. The minimum Gasteiger partial charge on any atom is -0.366 e. The van der Waals surface area contributed by atoms with E-state index in [2.05, 4.69) is 19.2 Å². The van der Waals surface area contributed by atoms with E-state index in [4.69, 9.17) is 10.5 Å². The fourth-order valence-corrected chi connectivity index (χ4v) is 1.74. The first kappa shape index (κ1) is 16.4. The maximum Gasteiger partial charge on any atom is 0.246 e. The van der Waals surface area contributed by atoms with Crippen LogP contribution in [0.1, 0.15) is 48.0 Å². The summed E-state index contributed by atoms with van der Waals surface area (Å²) in [6.45, 7) is 12.5. The minimum absolute atomic E-state index is 0.0805. The maximum absolute atomic E-state index is 11.8. The largest absolute Gasteiger partial charge is 0.366 e. The Hall–Kier alpha value is -0.610. The molecule has 0 saturated heterocycles. The van der Waals surface area contributed by atoms with E-state index in [0.717, 1.165) is 6.42 Å². The monoisotopic (exact) mass is 244 g/mol. The summed E-state index contributed by atoms with van der Waals surface area (Å²) in [5.41, 5.74) is 5.09. The quantitative estimate of drug-likeness (QED) is 0.747. The molecule has 3 N–H and O–H groups in total. The molecule has 0 aromatic carbocycles. The van der Waals surface area contributed by atoms with Crippen LogP contribution < -0.4 is 11.1 Å². The molecular weight excluding hydrogens is 216 g/mol. The lowest BCUT2D eigenvalue weighted by Gasteiger charge is -2.31. The van der Waals surface area contributed by atoms with Crippen molar-refractivity contribution in [3.63, 3.8) is 0 Å². The summed E-state index contributed by atoms with van der Waals surface area (Å²) in [5, 5.41) is 2.96. The molecule has 0 saturated carbocycles. The van der Waals surface area contributed by atoms with Crippen molar-refractivity contribution in [2.75, 3.05) is 13.2 Å². The molecule has 0 aliphatic heterocycles. The van der Waals surface area contributed by atoms with E-state index >= 15 is 0 Å². The summed E-state index contributed by atoms with van der Waals surface area (Å²) in [6, 6.07) is 0. The zero-order valence-corrected chi connectivity index (χ0v) is 12.1. The molecule has 4 heteroatoms. The third-order valence-electron chi connectivity index (χ3n) is 2.39. The van der Waals surface area contributed by atoms with Crippen LogP contribution in [0.25, 0.3) is 0 Å². The van der Waals surface area contributed by atoms with Crippen LogP contribution in [-0.2, 0) is 9.53 Å². The van der Waals surface area contributed by atoms with Gasteiger partial charge >= 0.3 is 0 Å². The number of nitrogens with one attached hydrogen (secondary N) is 1. The molecule has 0 rings (SSSR count). The predicted octanol–water partition coefficient (Wildman–Crippen LogP) is 1.68. The Morgan fingerprint density at radius 1 is 1.29 bits per heavy atom. The van der Waals surface area contributed by atoms with Gasteiger partial charge in [-0.25, -0.2) is 0 Å². The van der Waals surface area contributed by atoms with Crippen molar-refractivity contribution in [1.82, 2.24) is 5.32 Å². The first-order chi connectivity index (χ1) is 7.58. The summed E-state index contributed by atoms with van der Waals surface area (Å²) in [5.74, 6) is 0.390. The number of amides is 1. The number of ether oxygens (including phenoxy) is 1. The molecular formula is C13H28N2O2. The molecule has 17 heavy (non-hydrogen) atoms. The average Bonchev–Trinajstić information content (AvgIpc) is 2.12. The van der Waals surface area contributed by atoms with Gasteiger partial charge in [-0.3, -0.25) is 4.79 Å². The van der Waals surface area contributed by atoms with E-state index in [-0.39, 0.29) is 23.7 Å². The van der Waals surface area contributed by atoms with E-state index in [1.165, 1.54) is 0 Å². The highest BCUT2D eigenvalue weighted by Gasteiger charge is 2.26. The number of nitrogens with two attached hydrogens (primary N) is 1. The number of carbonyl (C=O) groups is 1. The Morgan fingerprint density at radius 3 is 2.18 bits per heavy atom. The molecule has 102 valence electrons. The van der Waals surface area contributed by atoms with E-state index in [1.54, 1.807) is 0 Å². The lowest BCUT2D eigenvalue weighted by molar-refractivity contribution is -0.132. The number of carbonyl (C=O) groups excluding carboxylic acids is 1. The molecule has 0 heterocycles. The van der Waals surface area contributed by atoms with Gasteiger partial charge in [-0.05, 0) is 40.0 Å². The van der Waals surface area contributed by atoms with Crippen LogP contribution in [0.2, 0.25) is 0 Å². The zero-order valence-electron chi connectivity index (χ0n) is 12.1. The van der Waals surface area contributed by atoms with Gasteiger partial charge in [0, 0.05) is 12.1 Å². The van der Waals surface area contributed by atoms with Crippen molar-refractivity contribution >= 4 is 5.91 Å². The second-order valence-corrected chi connectivity index (χ2v) is 6.31. The van der Waals surface area contributed by atoms with Gasteiger partial charge in [-0.1, -0.05) is 13.8 Å². The Kier molecular flexibility index (Phi) is 6.13. The van der Waals surface area contributed by atoms with Gasteiger partial charge in [-0.15, -0.1) is 0 Å². The first-order valence-electron chi connectivity index (χ1n) is 6.23. The standard InChI is InChI=1S/C13H28N2O2/c1-10(2)7-13(6,9-14)15-11(16)8-17-12(3,4)5/h10H,7-9,14H2,1-6H3,(H,15,16). The highest BCUT2D eigenvalue weighted by Crippen LogP contribution is 2.15. The Balaban J connectivity index is 4.24. The lowest BCUT2D eigenvalue weighted by Crippen LogP contribution is -2.53. The van der Waals surface area contributed by atoms with Crippen LogP contribution >= 0.6 is 0 Å². The molecule has 1 unspecified atom stereocenters. The molecule has 0 aromatic rings. The van der Waals surface area contributed by atoms with Crippen LogP contribution in [-0.4, -0.2) is 30.2 Å². The summed E-state index contributed by atoms with van der Waals surface area (Å²) < 4.78 is 5.43. The minimum atomic E-state index is -0.341. The number of hydrogen-bond donors (Lipinski definition) is 2. The lowest BCUT2D eigenvalue weighted by atomic mass is 9.91. The van der Waals surface area contributed by atoms with Crippen LogP contribution in [0.4, 0.5) is 0 Å². The maximum atomic E-state index is 11.8. The van der Waals surface area contributed by atoms with Crippen LogP contribution in [0, 0.1) is 5.92 Å². The van der Waals surface area contributed by atoms with Gasteiger partial charge in [0.25, 0.3) is 0 Å². The van der Waals surface area contributed by atoms with Crippen molar-refractivity contribution < 1.29 is 9.53 Å². The molecule has 0 bridgehead atoms. The topological polar surface area (TPSA) is 64.3 Å². The number of hydrogen-bond acceptors (Lipinski definition) is 3. The van der Waals surface area contributed by atoms with Crippen LogP contribution in [0.15, 0.2) is 0 Å². The molecule has 1 atom stereocenters. The fourth-order valence-electron chi connectivity index (χ4n) is 1.74. The Bertz CT molecular complexity index is 246. The predicted molar refractivity (Wildman–Crippen MR) is 70.8 cm³/mol.